The molecular weight excluding hydrogens is 392 g/mol. The van der Waals surface area contributed by atoms with Gasteiger partial charge in [0.2, 0.25) is 11.8 Å². The molecular formula is C25H26N2O2S. The SMILES string of the molecule is Cc1ccc(NC(=O)C(C)Sc2cccc(NC(=O)Cc3ccccc3)c2)c(C)c1. The summed E-state index contributed by atoms with van der Waals surface area (Å²) in [5.74, 6) is -0.116. The number of benzene rings is 3. The molecule has 0 radical (unpaired) electrons. The minimum absolute atomic E-state index is 0.0505. The van der Waals surface area contributed by atoms with Crippen molar-refractivity contribution in [3.63, 3.8) is 0 Å². The third kappa shape index (κ3) is 6.22. The van der Waals surface area contributed by atoms with E-state index in [0.29, 0.717) is 6.42 Å². The molecule has 3 aromatic rings. The van der Waals surface area contributed by atoms with Crippen molar-refractivity contribution >= 4 is 35.0 Å². The predicted octanol–water partition coefficient (Wildman–Crippen LogP) is 5.60. The first-order chi connectivity index (χ1) is 14.4. The number of amides is 2. The highest BCUT2D eigenvalue weighted by atomic mass is 32.2. The zero-order chi connectivity index (χ0) is 21.5. The van der Waals surface area contributed by atoms with Gasteiger partial charge in [-0.25, -0.2) is 0 Å². The first-order valence-electron chi connectivity index (χ1n) is 9.89. The molecule has 154 valence electrons. The van der Waals surface area contributed by atoms with Crippen molar-refractivity contribution in [2.24, 2.45) is 0 Å². The van der Waals surface area contributed by atoms with E-state index in [9.17, 15) is 9.59 Å². The number of thioether (sulfide) groups is 1. The predicted molar refractivity (Wildman–Crippen MR) is 125 cm³/mol. The Kier molecular flexibility index (Phi) is 7.31. The van der Waals surface area contributed by atoms with Crippen LogP contribution in [0, 0.1) is 13.8 Å². The van der Waals surface area contributed by atoms with Crippen LogP contribution in [-0.4, -0.2) is 17.1 Å². The molecule has 5 heteroatoms. The van der Waals surface area contributed by atoms with Crippen molar-refractivity contribution in [3.05, 3.63) is 89.5 Å². The van der Waals surface area contributed by atoms with E-state index in [-0.39, 0.29) is 17.1 Å². The second-order valence-electron chi connectivity index (χ2n) is 7.31. The third-order valence-corrected chi connectivity index (χ3v) is 5.74. The standard InChI is InChI=1S/C25H26N2O2S/c1-17-12-13-23(18(2)14-17)27-25(29)19(3)30-22-11-7-10-21(16-22)26-24(28)15-20-8-5-4-6-9-20/h4-14,16,19H,15H2,1-3H3,(H,26,28)(H,27,29). The fourth-order valence-corrected chi connectivity index (χ4v) is 4.01. The van der Waals surface area contributed by atoms with E-state index in [1.54, 1.807) is 0 Å². The molecule has 2 N–H and O–H groups in total. The van der Waals surface area contributed by atoms with Crippen LogP contribution < -0.4 is 10.6 Å². The minimum atomic E-state index is -0.277. The zero-order valence-electron chi connectivity index (χ0n) is 17.4. The van der Waals surface area contributed by atoms with Gasteiger partial charge in [0, 0.05) is 16.3 Å². The van der Waals surface area contributed by atoms with Gasteiger partial charge in [-0.2, -0.15) is 0 Å². The zero-order valence-corrected chi connectivity index (χ0v) is 18.3. The molecule has 3 rings (SSSR count). The van der Waals surface area contributed by atoms with Crippen molar-refractivity contribution in [2.75, 3.05) is 10.6 Å². The second-order valence-corrected chi connectivity index (χ2v) is 8.72. The number of rotatable bonds is 7. The first kappa shape index (κ1) is 21.7. The van der Waals surface area contributed by atoms with Gasteiger partial charge in [0.25, 0.3) is 0 Å². The van der Waals surface area contributed by atoms with Crippen molar-refractivity contribution in [1.29, 1.82) is 0 Å². The molecule has 0 aliphatic carbocycles. The molecule has 0 saturated carbocycles. The van der Waals surface area contributed by atoms with Gasteiger partial charge in [-0.1, -0.05) is 54.1 Å². The minimum Gasteiger partial charge on any atom is -0.326 e. The number of anilines is 2. The van der Waals surface area contributed by atoms with Gasteiger partial charge in [-0.3, -0.25) is 9.59 Å². The lowest BCUT2D eigenvalue weighted by Gasteiger charge is -2.14. The van der Waals surface area contributed by atoms with Crippen LogP contribution in [0.15, 0.2) is 77.7 Å². The topological polar surface area (TPSA) is 58.2 Å². The Hall–Kier alpha value is -3.05. The van der Waals surface area contributed by atoms with E-state index < -0.39 is 0 Å². The molecule has 0 aliphatic rings. The maximum atomic E-state index is 12.6. The number of carbonyl (C=O) groups excluding carboxylic acids is 2. The smallest absolute Gasteiger partial charge is 0.237 e. The number of hydrogen-bond acceptors (Lipinski definition) is 3. The van der Waals surface area contributed by atoms with Gasteiger partial charge in [0.05, 0.1) is 11.7 Å². The molecule has 30 heavy (non-hydrogen) atoms. The number of aryl methyl sites for hydroxylation is 2. The molecule has 0 spiro atoms. The summed E-state index contributed by atoms with van der Waals surface area (Å²) in [6.07, 6.45) is 0.326. The Balaban J connectivity index is 1.58. The van der Waals surface area contributed by atoms with Gasteiger partial charge < -0.3 is 10.6 Å². The number of carbonyl (C=O) groups is 2. The molecule has 1 unspecified atom stereocenters. The average molecular weight is 419 g/mol. The van der Waals surface area contributed by atoms with Crippen molar-refractivity contribution < 1.29 is 9.59 Å². The maximum Gasteiger partial charge on any atom is 0.237 e. The van der Waals surface area contributed by atoms with E-state index in [1.807, 2.05) is 87.5 Å². The van der Waals surface area contributed by atoms with Crippen LogP contribution in [0.5, 0.6) is 0 Å². The molecule has 2 amide bonds. The Morgan fingerprint density at radius 2 is 1.67 bits per heavy atom. The summed E-state index contributed by atoms with van der Waals surface area (Å²) in [4.78, 5) is 25.8. The fraction of sp³-hybridized carbons (Fsp3) is 0.200. The van der Waals surface area contributed by atoms with Gasteiger partial charge in [-0.05, 0) is 56.2 Å². The van der Waals surface area contributed by atoms with Gasteiger partial charge in [0.15, 0.2) is 0 Å². The van der Waals surface area contributed by atoms with Crippen molar-refractivity contribution in [2.45, 2.75) is 37.3 Å². The highest BCUT2D eigenvalue weighted by Gasteiger charge is 2.16. The highest BCUT2D eigenvalue weighted by Crippen LogP contribution is 2.27. The van der Waals surface area contributed by atoms with Crippen LogP contribution in [0.2, 0.25) is 0 Å². The third-order valence-electron chi connectivity index (χ3n) is 4.65. The Morgan fingerprint density at radius 1 is 0.900 bits per heavy atom. The summed E-state index contributed by atoms with van der Waals surface area (Å²) in [7, 11) is 0. The van der Waals surface area contributed by atoms with E-state index in [0.717, 1.165) is 27.4 Å². The Morgan fingerprint density at radius 3 is 2.40 bits per heavy atom. The molecule has 0 fully saturated rings. The maximum absolute atomic E-state index is 12.6. The number of nitrogens with one attached hydrogen (secondary N) is 2. The lowest BCUT2D eigenvalue weighted by Crippen LogP contribution is -2.22. The van der Waals surface area contributed by atoms with E-state index in [4.69, 9.17) is 0 Å². The fourth-order valence-electron chi connectivity index (χ4n) is 3.08. The second kappa shape index (κ2) is 10.1. The monoisotopic (exact) mass is 418 g/mol. The summed E-state index contributed by atoms with van der Waals surface area (Å²) in [5.41, 5.74) is 4.74. The largest absolute Gasteiger partial charge is 0.326 e. The van der Waals surface area contributed by atoms with Crippen LogP contribution in [-0.2, 0) is 16.0 Å². The highest BCUT2D eigenvalue weighted by molar-refractivity contribution is 8.00. The normalized spacial score (nSPS) is 11.6. The first-order valence-corrected chi connectivity index (χ1v) is 10.8. The summed E-state index contributed by atoms with van der Waals surface area (Å²) >= 11 is 1.46. The summed E-state index contributed by atoms with van der Waals surface area (Å²) in [6, 6.07) is 23.2. The average Bonchev–Trinajstić information content (AvgIpc) is 2.71. The van der Waals surface area contributed by atoms with Gasteiger partial charge in [0.1, 0.15) is 0 Å². The molecule has 0 saturated heterocycles. The van der Waals surface area contributed by atoms with Crippen molar-refractivity contribution in [1.82, 2.24) is 0 Å². The molecule has 0 heterocycles. The van der Waals surface area contributed by atoms with Gasteiger partial charge in [-0.15, -0.1) is 11.8 Å². The van der Waals surface area contributed by atoms with Crippen LogP contribution in [0.3, 0.4) is 0 Å². The summed E-state index contributed by atoms with van der Waals surface area (Å²) < 4.78 is 0. The quantitative estimate of drug-likeness (QED) is 0.491. The van der Waals surface area contributed by atoms with E-state index >= 15 is 0 Å². The van der Waals surface area contributed by atoms with Crippen LogP contribution >= 0.6 is 11.8 Å². The van der Waals surface area contributed by atoms with Crippen LogP contribution in [0.1, 0.15) is 23.6 Å². The Bertz CT molecular complexity index is 1030. The molecule has 4 nitrogen and oxygen atoms in total. The lowest BCUT2D eigenvalue weighted by atomic mass is 10.1. The molecule has 3 aromatic carbocycles. The summed E-state index contributed by atoms with van der Waals surface area (Å²) in [6.45, 7) is 5.90. The Labute approximate surface area is 182 Å². The molecule has 1 atom stereocenters. The van der Waals surface area contributed by atoms with E-state index in [1.165, 1.54) is 17.3 Å². The molecule has 0 bridgehead atoms. The number of hydrogen-bond donors (Lipinski definition) is 2. The van der Waals surface area contributed by atoms with E-state index in [2.05, 4.69) is 16.7 Å². The molecule has 0 aliphatic heterocycles. The van der Waals surface area contributed by atoms with Crippen molar-refractivity contribution in [3.8, 4) is 0 Å². The summed E-state index contributed by atoms with van der Waals surface area (Å²) in [5, 5.41) is 5.66. The van der Waals surface area contributed by atoms with Crippen LogP contribution in [0.4, 0.5) is 11.4 Å². The van der Waals surface area contributed by atoms with Gasteiger partial charge >= 0.3 is 0 Å². The lowest BCUT2D eigenvalue weighted by molar-refractivity contribution is -0.116. The molecule has 0 aromatic heterocycles. The van der Waals surface area contributed by atoms with Crippen LogP contribution in [0.25, 0.3) is 0 Å².